The van der Waals surface area contributed by atoms with Gasteiger partial charge in [0.25, 0.3) is 5.56 Å². The van der Waals surface area contributed by atoms with Gasteiger partial charge >= 0.3 is 0 Å². The van der Waals surface area contributed by atoms with Gasteiger partial charge in [-0.15, -0.1) is 0 Å². The summed E-state index contributed by atoms with van der Waals surface area (Å²) in [5, 5.41) is 0.356. The lowest BCUT2D eigenvalue weighted by Crippen LogP contribution is -2.12. The van der Waals surface area contributed by atoms with Crippen LogP contribution in [0.1, 0.15) is 17.1 Å². The highest BCUT2D eigenvalue weighted by molar-refractivity contribution is 9.10. The Balaban J connectivity index is 2.06. The Morgan fingerprint density at radius 2 is 2.14 bits per heavy atom. The fourth-order valence-electron chi connectivity index (χ4n) is 2.06. The molecule has 0 saturated carbocycles. The van der Waals surface area contributed by atoms with E-state index in [-0.39, 0.29) is 10.0 Å². The van der Waals surface area contributed by atoms with Gasteiger partial charge in [-0.25, -0.2) is 9.37 Å². The number of benzene rings is 1. The van der Waals surface area contributed by atoms with Gasteiger partial charge in [-0.2, -0.15) is 0 Å². The summed E-state index contributed by atoms with van der Waals surface area (Å²) < 4.78 is 13.8. The topological polar surface area (TPSA) is 58.6 Å². The summed E-state index contributed by atoms with van der Waals surface area (Å²) in [6.45, 7) is 1.90. The molecule has 0 spiro atoms. The molecular formula is C15H11BrFN3O. The van der Waals surface area contributed by atoms with E-state index in [1.54, 1.807) is 6.20 Å². The molecule has 1 N–H and O–H groups in total. The van der Waals surface area contributed by atoms with Crippen LogP contribution in [0, 0.1) is 12.7 Å². The predicted octanol–water partition coefficient (Wildman–Crippen LogP) is 3.12. The summed E-state index contributed by atoms with van der Waals surface area (Å²) in [5.41, 5.74) is 1.91. The molecule has 21 heavy (non-hydrogen) atoms. The summed E-state index contributed by atoms with van der Waals surface area (Å²) in [4.78, 5) is 23.3. The van der Waals surface area contributed by atoms with Gasteiger partial charge in [-0.3, -0.25) is 9.78 Å². The molecule has 0 fully saturated rings. The first kappa shape index (κ1) is 13.9. The first-order valence-electron chi connectivity index (χ1n) is 6.32. The lowest BCUT2D eigenvalue weighted by Gasteiger charge is -2.04. The zero-order valence-corrected chi connectivity index (χ0v) is 12.7. The number of aryl methyl sites for hydroxylation is 1. The average Bonchev–Trinajstić information content (AvgIpc) is 2.44. The van der Waals surface area contributed by atoms with Gasteiger partial charge in [0.2, 0.25) is 0 Å². The maximum absolute atomic E-state index is 13.6. The third-order valence-corrected chi connectivity index (χ3v) is 3.75. The van der Waals surface area contributed by atoms with Crippen molar-refractivity contribution in [3.63, 3.8) is 0 Å². The molecule has 0 radical (unpaired) electrons. The second-order valence-electron chi connectivity index (χ2n) is 4.78. The second-order valence-corrected chi connectivity index (χ2v) is 5.64. The number of rotatable bonds is 2. The maximum atomic E-state index is 13.6. The van der Waals surface area contributed by atoms with E-state index in [0.29, 0.717) is 23.1 Å². The van der Waals surface area contributed by atoms with Crippen molar-refractivity contribution in [2.75, 3.05) is 0 Å². The first-order valence-corrected chi connectivity index (χ1v) is 7.12. The highest BCUT2D eigenvalue weighted by Gasteiger charge is 2.09. The smallest absolute Gasteiger partial charge is 0.258 e. The Bertz CT molecular complexity index is 874. The molecule has 2 heterocycles. The number of pyridine rings is 1. The minimum absolute atomic E-state index is 0.248. The van der Waals surface area contributed by atoms with Crippen LogP contribution < -0.4 is 5.56 Å². The lowest BCUT2D eigenvalue weighted by atomic mass is 10.2. The van der Waals surface area contributed by atoms with E-state index in [1.165, 1.54) is 12.1 Å². The molecule has 106 valence electrons. The molecule has 0 aliphatic rings. The van der Waals surface area contributed by atoms with Crippen LogP contribution in [0.3, 0.4) is 0 Å². The summed E-state index contributed by atoms with van der Waals surface area (Å²) in [6.07, 6.45) is 2.18. The van der Waals surface area contributed by atoms with Crippen molar-refractivity contribution in [2.45, 2.75) is 13.3 Å². The molecule has 4 nitrogen and oxygen atoms in total. The van der Waals surface area contributed by atoms with Crippen LogP contribution in [0.2, 0.25) is 0 Å². The van der Waals surface area contributed by atoms with Crippen LogP contribution >= 0.6 is 15.9 Å². The number of hydrogen-bond donors (Lipinski definition) is 1. The van der Waals surface area contributed by atoms with Crippen LogP contribution in [0.15, 0.2) is 39.7 Å². The number of hydrogen-bond acceptors (Lipinski definition) is 3. The molecule has 0 bridgehead atoms. The van der Waals surface area contributed by atoms with Crippen LogP contribution in [0.5, 0.6) is 0 Å². The van der Waals surface area contributed by atoms with Gasteiger partial charge in [-0.05, 0) is 40.5 Å². The fraction of sp³-hybridized carbons (Fsp3) is 0.133. The summed E-state index contributed by atoms with van der Waals surface area (Å²) in [7, 11) is 0. The van der Waals surface area contributed by atoms with E-state index < -0.39 is 5.82 Å². The van der Waals surface area contributed by atoms with E-state index in [0.717, 1.165) is 11.3 Å². The number of aromatic amines is 1. The van der Waals surface area contributed by atoms with Crippen molar-refractivity contribution < 1.29 is 4.39 Å². The van der Waals surface area contributed by atoms with Crippen LogP contribution in [0.25, 0.3) is 10.9 Å². The van der Waals surface area contributed by atoms with Crippen molar-refractivity contribution in [1.82, 2.24) is 15.0 Å². The molecule has 0 unspecified atom stereocenters. The van der Waals surface area contributed by atoms with Gasteiger partial charge in [-0.1, -0.05) is 6.07 Å². The normalized spacial score (nSPS) is 11.0. The van der Waals surface area contributed by atoms with Crippen LogP contribution in [0.4, 0.5) is 4.39 Å². The number of aromatic nitrogens is 3. The quantitative estimate of drug-likeness (QED) is 0.774. The minimum Gasteiger partial charge on any atom is -0.310 e. The Labute approximate surface area is 128 Å². The number of nitrogens with zero attached hydrogens (tertiary/aromatic N) is 2. The molecule has 3 rings (SSSR count). The van der Waals surface area contributed by atoms with Crippen molar-refractivity contribution in [1.29, 1.82) is 0 Å². The molecule has 2 aromatic heterocycles. The minimum atomic E-state index is -0.441. The molecule has 1 aromatic carbocycles. The first-order chi connectivity index (χ1) is 10.0. The highest BCUT2D eigenvalue weighted by atomic mass is 79.9. The third-order valence-electron chi connectivity index (χ3n) is 3.14. The number of H-pyrrole nitrogens is 1. The van der Waals surface area contributed by atoms with Crippen LogP contribution in [-0.4, -0.2) is 15.0 Å². The Kier molecular flexibility index (Phi) is 3.55. The van der Waals surface area contributed by atoms with Crippen molar-refractivity contribution in [3.8, 4) is 0 Å². The molecule has 0 aliphatic carbocycles. The van der Waals surface area contributed by atoms with Crippen molar-refractivity contribution in [2.24, 2.45) is 0 Å². The Morgan fingerprint density at radius 3 is 2.86 bits per heavy atom. The number of halogens is 2. The van der Waals surface area contributed by atoms with E-state index in [1.807, 2.05) is 19.1 Å². The summed E-state index contributed by atoms with van der Waals surface area (Å²) >= 11 is 3.07. The molecular weight excluding hydrogens is 337 g/mol. The van der Waals surface area contributed by atoms with Gasteiger partial charge in [0.1, 0.15) is 11.6 Å². The van der Waals surface area contributed by atoms with Crippen molar-refractivity contribution in [3.05, 3.63) is 68.2 Å². The Morgan fingerprint density at radius 1 is 1.33 bits per heavy atom. The molecule has 0 amide bonds. The molecule has 0 saturated heterocycles. The molecule has 3 aromatic rings. The third kappa shape index (κ3) is 2.85. The summed E-state index contributed by atoms with van der Waals surface area (Å²) in [5.74, 6) is 0.0448. The molecule has 0 aliphatic heterocycles. The van der Waals surface area contributed by atoms with E-state index in [4.69, 9.17) is 0 Å². The van der Waals surface area contributed by atoms with Crippen molar-refractivity contribution >= 4 is 26.8 Å². The summed E-state index contributed by atoms with van der Waals surface area (Å²) in [6, 6.07) is 6.51. The molecule has 6 heteroatoms. The predicted molar refractivity (Wildman–Crippen MR) is 81.8 cm³/mol. The number of fused-ring (bicyclic) bond motifs is 1. The second kappa shape index (κ2) is 5.37. The average molecular weight is 348 g/mol. The van der Waals surface area contributed by atoms with E-state index >= 15 is 0 Å². The molecule has 0 atom stereocenters. The van der Waals surface area contributed by atoms with Gasteiger partial charge in [0.05, 0.1) is 15.4 Å². The van der Waals surface area contributed by atoms with Gasteiger partial charge < -0.3 is 4.98 Å². The largest absolute Gasteiger partial charge is 0.310 e. The van der Waals surface area contributed by atoms with Gasteiger partial charge in [0.15, 0.2) is 0 Å². The SMILES string of the molecule is Cc1ccc(Cc2nc3cc(F)c(Br)cc3c(=O)[nH]2)cn1. The lowest BCUT2D eigenvalue weighted by molar-refractivity contribution is 0.622. The number of nitrogens with one attached hydrogen (secondary N) is 1. The Hall–Kier alpha value is -2.08. The van der Waals surface area contributed by atoms with E-state index in [9.17, 15) is 9.18 Å². The standard InChI is InChI=1S/C15H11BrFN3O/c1-8-2-3-9(7-18-8)4-14-19-13-6-12(17)11(16)5-10(13)15(21)20-14/h2-3,5-7H,4H2,1H3,(H,19,20,21). The van der Waals surface area contributed by atoms with Gasteiger partial charge in [0, 0.05) is 24.4 Å². The maximum Gasteiger partial charge on any atom is 0.258 e. The monoisotopic (exact) mass is 347 g/mol. The zero-order valence-electron chi connectivity index (χ0n) is 11.2. The fourth-order valence-corrected chi connectivity index (χ4v) is 2.41. The van der Waals surface area contributed by atoms with E-state index in [2.05, 4.69) is 30.9 Å². The zero-order chi connectivity index (χ0) is 15.0. The van der Waals surface area contributed by atoms with Crippen LogP contribution in [-0.2, 0) is 6.42 Å². The highest BCUT2D eigenvalue weighted by Crippen LogP contribution is 2.20.